The Balaban J connectivity index is 3.92. The van der Waals surface area contributed by atoms with Gasteiger partial charge in [0.05, 0.1) is 19.3 Å². The Hall–Kier alpha value is -0.610. The van der Waals surface area contributed by atoms with Gasteiger partial charge in [-0.25, -0.2) is 0 Å². The fourth-order valence-corrected chi connectivity index (χ4v) is 0.673. The van der Waals surface area contributed by atoms with Crippen LogP contribution < -0.4 is 0 Å². The third-order valence-corrected chi connectivity index (χ3v) is 1.37. The van der Waals surface area contributed by atoms with Crippen LogP contribution in [0.3, 0.4) is 0 Å². The summed E-state index contributed by atoms with van der Waals surface area (Å²) in [6.45, 7) is 3.00. The molecular weight excluding hydrogens is 148 g/mol. The van der Waals surface area contributed by atoms with Crippen LogP contribution in [0, 0.1) is 5.92 Å². The molecular formula is C7H14O4. The number of carbonyl (C=O) groups excluding carboxylic acids is 1. The predicted molar refractivity (Wildman–Crippen MR) is 38.9 cm³/mol. The van der Waals surface area contributed by atoms with E-state index in [1.54, 1.807) is 6.92 Å². The third kappa shape index (κ3) is 3.34. The molecule has 2 atom stereocenters. The molecule has 0 aliphatic rings. The fraction of sp³-hybridized carbons (Fsp3) is 0.857. The SMILES string of the molecule is CCOC(=O)C(CO)C(C)O. The van der Waals surface area contributed by atoms with Crippen molar-refractivity contribution in [1.82, 2.24) is 0 Å². The molecule has 4 nitrogen and oxygen atoms in total. The average Bonchev–Trinajstić information content (AvgIpc) is 1.88. The van der Waals surface area contributed by atoms with E-state index >= 15 is 0 Å². The van der Waals surface area contributed by atoms with E-state index in [2.05, 4.69) is 4.74 Å². The molecule has 0 saturated heterocycles. The van der Waals surface area contributed by atoms with Crippen molar-refractivity contribution in [2.24, 2.45) is 5.92 Å². The highest BCUT2D eigenvalue weighted by Crippen LogP contribution is 2.04. The van der Waals surface area contributed by atoms with Crippen LogP contribution >= 0.6 is 0 Å². The van der Waals surface area contributed by atoms with E-state index in [4.69, 9.17) is 10.2 Å². The molecule has 0 bridgehead atoms. The normalized spacial score (nSPS) is 15.6. The van der Waals surface area contributed by atoms with Gasteiger partial charge in [-0.3, -0.25) is 4.79 Å². The van der Waals surface area contributed by atoms with Crippen molar-refractivity contribution in [3.8, 4) is 0 Å². The summed E-state index contributed by atoms with van der Waals surface area (Å²) in [5.74, 6) is -1.36. The molecule has 0 aromatic rings. The molecule has 0 aromatic heterocycles. The van der Waals surface area contributed by atoms with Crippen molar-refractivity contribution in [2.75, 3.05) is 13.2 Å². The largest absolute Gasteiger partial charge is 0.466 e. The van der Waals surface area contributed by atoms with Crippen molar-refractivity contribution in [1.29, 1.82) is 0 Å². The molecule has 0 aliphatic carbocycles. The van der Waals surface area contributed by atoms with Crippen LogP contribution in [0.25, 0.3) is 0 Å². The first kappa shape index (κ1) is 10.4. The van der Waals surface area contributed by atoms with Crippen LogP contribution in [-0.4, -0.2) is 35.5 Å². The number of carbonyl (C=O) groups is 1. The van der Waals surface area contributed by atoms with Gasteiger partial charge < -0.3 is 14.9 Å². The lowest BCUT2D eigenvalue weighted by Crippen LogP contribution is -2.30. The molecule has 0 aromatic carbocycles. The maximum Gasteiger partial charge on any atom is 0.313 e. The second-order valence-corrected chi connectivity index (χ2v) is 2.28. The maximum atomic E-state index is 10.9. The number of ether oxygens (including phenoxy) is 1. The summed E-state index contributed by atoms with van der Waals surface area (Å²) in [6.07, 6.45) is -0.862. The number of hydrogen-bond donors (Lipinski definition) is 2. The first-order chi connectivity index (χ1) is 5.13. The van der Waals surface area contributed by atoms with E-state index < -0.39 is 18.0 Å². The number of aliphatic hydroxyl groups excluding tert-OH is 2. The maximum absolute atomic E-state index is 10.9. The summed E-state index contributed by atoms with van der Waals surface area (Å²) in [7, 11) is 0. The van der Waals surface area contributed by atoms with Crippen LogP contribution in [0.15, 0.2) is 0 Å². The second kappa shape index (κ2) is 5.09. The van der Waals surface area contributed by atoms with Gasteiger partial charge in [0.1, 0.15) is 5.92 Å². The lowest BCUT2D eigenvalue weighted by atomic mass is 10.1. The van der Waals surface area contributed by atoms with Crippen molar-refractivity contribution in [3.05, 3.63) is 0 Å². The molecule has 0 aliphatic heterocycles. The quantitative estimate of drug-likeness (QED) is 0.549. The van der Waals surface area contributed by atoms with Gasteiger partial charge in [0.15, 0.2) is 0 Å². The summed E-state index contributed by atoms with van der Waals surface area (Å²) in [4.78, 5) is 10.9. The first-order valence-corrected chi connectivity index (χ1v) is 3.59. The van der Waals surface area contributed by atoms with Gasteiger partial charge in [0.2, 0.25) is 0 Å². The highest BCUT2D eigenvalue weighted by Gasteiger charge is 2.23. The van der Waals surface area contributed by atoms with Gasteiger partial charge in [0, 0.05) is 0 Å². The van der Waals surface area contributed by atoms with Gasteiger partial charge in [-0.05, 0) is 13.8 Å². The molecule has 2 N–H and O–H groups in total. The molecule has 2 unspecified atom stereocenters. The zero-order valence-corrected chi connectivity index (χ0v) is 6.78. The lowest BCUT2D eigenvalue weighted by molar-refractivity contribution is -0.153. The first-order valence-electron chi connectivity index (χ1n) is 3.59. The van der Waals surface area contributed by atoms with E-state index in [0.717, 1.165) is 0 Å². The second-order valence-electron chi connectivity index (χ2n) is 2.28. The van der Waals surface area contributed by atoms with Crippen LogP contribution in [0.4, 0.5) is 0 Å². The van der Waals surface area contributed by atoms with E-state index in [0.29, 0.717) is 0 Å². The lowest BCUT2D eigenvalue weighted by Gasteiger charge is -2.14. The minimum atomic E-state index is -0.862. The molecule has 0 rings (SSSR count). The average molecular weight is 162 g/mol. The molecule has 0 spiro atoms. The van der Waals surface area contributed by atoms with Crippen LogP contribution in [0.1, 0.15) is 13.8 Å². The third-order valence-electron chi connectivity index (χ3n) is 1.37. The predicted octanol–water partition coefficient (Wildman–Crippen LogP) is -0.461. The minimum absolute atomic E-state index is 0.266. The molecule has 0 saturated carbocycles. The van der Waals surface area contributed by atoms with Gasteiger partial charge in [-0.1, -0.05) is 0 Å². The Morgan fingerprint density at radius 2 is 2.18 bits per heavy atom. The number of esters is 1. The molecule has 11 heavy (non-hydrogen) atoms. The Labute approximate surface area is 65.8 Å². The highest BCUT2D eigenvalue weighted by atomic mass is 16.5. The molecule has 0 heterocycles. The van der Waals surface area contributed by atoms with Crippen LogP contribution in [0.2, 0.25) is 0 Å². The van der Waals surface area contributed by atoms with E-state index in [1.165, 1.54) is 6.92 Å². The summed E-state index contributed by atoms with van der Waals surface area (Å²) < 4.78 is 4.60. The number of aliphatic hydroxyl groups is 2. The molecule has 66 valence electrons. The summed E-state index contributed by atoms with van der Waals surface area (Å²) >= 11 is 0. The number of rotatable bonds is 4. The van der Waals surface area contributed by atoms with Crippen molar-refractivity contribution >= 4 is 5.97 Å². The Bertz CT molecular complexity index is 122. The topological polar surface area (TPSA) is 66.8 Å². The smallest absolute Gasteiger partial charge is 0.313 e. The van der Waals surface area contributed by atoms with E-state index in [1.807, 2.05) is 0 Å². The van der Waals surface area contributed by atoms with Gasteiger partial charge in [-0.15, -0.1) is 0 Å². The molecule has 0 amide bonds. The number of hydrogen-bond acceptors (Lipinski definition) is 4. The van der Waals surface area contributed by atoms with Crippen LogP contribution in [-0.2, 0) is 9.53 Å². The molecule has 4 heteroatoms. The van der Waals surface area contributed by atoms with Crippen molar-refractivity contribution in [3.63, 3.8) is 0 Å². The van der Waals surface area contributed by atoms with E-state index in [9.17, 15) is 4.79 Å². The zero-order chi connectivity index (χ0) is 8.85. The van der Waals surface area contributed by atoms with Crippen molar-refractivity contribution < 1.29 is 19.7 Å². The zero-order valence-electron chi connectivity index (χ0n) is 6.78. The Morgan fingerprint density at radius 3 is 2.45 bits per heavy atom. The summed E-state index contributed by atoms with van der Waals surface area (Å²) in [6, 6.07) is 0. The summed E-state index contributed by atoms with van der Waals surface area (Å²) in [5, 5.41) is 17.6. The Morgan fingerprint density at radius 1 is 1.64 bits per heavy atom. The van der Waals surface area contributed by atoms with Gasteiger partial charge in [0.25, 0.3) is 0 Å². The standard InChI is InChI=1S/C7H14O4/c1-3-11-7(10)6(4-8)5(2)9/h5-6,8-9H,3-4H2,1-2H3. The highest BCUT2D eigenvalue weighted by molar-refractivity contribution is 5.73. The van der Waals surface area contributed by atoms with Gasteiger partial charge >= 0.3 is 5.97 Å². The monoisotopic (exact) mass is 162 g/mol. The minimum Gasteiger partial charge on any atom is -0.466 e. The molecule has 0 radical (unpaired) electrons. The van der Waals surface area contributed by atoms with Crippen LogP contribution in [0.5, 0.6) is 0 Å². The summed E-state index contributed by atoms with van der Waals surface area (Å²) in [5.41, 5.74) is 0. The van der Waals surface area contributed by atoms with E-state index in [-0.39, 0.29) is 13.2 Å². The fourth-order valence-electron chi connectivity index (χ4n) is 0.673. The molecule has 0 fully saturated rings. The van der Waals surface area contributed by atoms with Crippen molar-refractivity contribution in [2.45, 2.75) is 20.0 Å². The van der Waals surface area contributed by atoms with Gasteiger partial charge in [-0.2, -0.15) is 0 Å². The Kier molecular flexibility index (Phi) is 4.81.